The van der Waals surface area contributed by atoms with Crippen molar-refractivity contribution in [2.24, 2.45) is 0 Å². The number of benzene rings is 1. The Morgan fingerprint density at radius 3 is 2.61 bits per heavy atom. The highest BCUT2D eigenvalue weighted by atomic mass is 32.1. The Morgan fingerprint density at radius 2 is 1.94 bits per heavy atom. The molecule has 0 aliphatic heterocycles. The number of nitrogens with zero attached hydrogens (tertiary/aromatic N) is 5. The van der Waals surface area contributed by atoms with E-state index >= 15 is 0 Å². The smallest absolute Gasteiger partial charge is 0.348 e. The Labute approximate surface area is 197 Å². The third-order valence-corrected chi connectivity index (χ3v) is 6.31. The van der Waals surface area contributed by atoms with Crippen molar-refractivity contribution in [1.82, 2.24) is 24.6 Å². The Kier molecular flexibility index (Phi) is 7.00. The fourth-order valence-electron chi connectivity index (χ4n) is 3.59. The van der Waals surface area contributed by atoms with Gasteiger partial charge < -0.3 is 15.0 Å². The topological polar surface area (TPSA) is 85.2 Å². The summed E-state index contributed by atoms with van der Waals surface area (Å²) in [4.78, 5) is 25.3. The minimum absolute atomic E-state index is 0.314. The second-order valence-corrected chi connectivity index (χ2v) is 9.06. The van der Waals surface area contributed by atoms with Gasteiger partial charge in [-0.3, -0.25) is 4.68 Å². The summed E-state index contributed by atoms with van der Waals surface area (Å²) < 4.78 is 7.14. The van der Waals surface area contributed by atoms with Crippen LogP contribution < -0.4 is 5.32 Å². The van der Waals surface area contributed by atoms with E-state index in [1.807, 2.05) is 49.8 Å². The lowest BCUT2D eigenvalue weighted by Gasteiger charge is -2.12. The minimum atomic E-state index is -0.314. The molecule has 3 heterocycles. The molecule has 0 fully saturated rings. The van der Waals surface area contributed by atoms with Crippen LogP contribution in [0.2, 0.25) is 0 Å². The van der Waals surface area contributed by atoms with Crippen molar-refractivity contribution in [3.63, 3.8) is 0 Å². The predicted molar refractivity (Wildman–Crippen MR) is 131 cm³/mol. The van der Waals surface area contributed by atoms with Crippen LogP contribution in [0.5, 0.6) is 0 Å². The number of ether oxygens (including phenoxy) is 1. The van der Waals surface area contributed by atoms with Crippen molar-refractivity contribution >= 4 is 33.3 Å². The number of carbonyl (C=O) groups excluding carboxylic acids is 1. The Bertz CT molecular complexity index is 1230. The zero-order valence-corrected chi connectivity index (χ0v) is 20.1. The van der Waals surface area contributed by atoms with E-state index in [1.165, 1.54) is 16.9 Å². The molecule has 0 saturated carbocycles. The first kappa shape index (κ1) is 22.9. The monoisotopic (exact) mass is 464 g/mol. The second kappa shape index (κ2) is 10.1. The molecule has 0 aliphatic rings. The number of aromatic nitrogens is 4. The molecule has 4 aromatic rings. The second-order valence-electron chi connectivity index (χ2n) is 8.06. The molecule has 33 heavy (non-hydrogen) atoms. The lowest BCUT2D eigenvalue weighted by atomic mass is 10.1. The quantitative estimate of drug-likeness (QED) is 0.373. The van der Waals surface area contributed by atoms with E-state index in [9.17, 15) is 4.79 Å². The van der Waals surface area contributed by atoms with Gasteiger partial charge in [-0.15, -0.1) is 11.3 Å². The zero-order chi connectivity index (χ0) is 23.4. The molecule has 0 bridgehead atoms. The van der Waals surface area contributed by atoms with Crippen molar-refractivity contribution in [2.45, 2.75) is 33.5 Å². The first-order valence-electron chi connectivity index (χ1n) is 10.9. The summed E-state index contributed by atoms with van der Waals surface area (Å²) in [6, 6.07) is 10.4. The molecule has 0 amide bonds. The molecule has 9 heteroatoms. The molecule has 0 spiro atoms. The average molecular weight is 465 g/mol. The number of aryl methyl sites for hydroxylation is 1. The third kappa shape index (κ3) is 5.37. The first-order chi connectivity index (χ1) is 15.9. The molecule has 0 radical (unpaired) electrons. The fraction of sp³-hybridized carbons (Fsp3) is 0.333. The van der Waals surface area contributed by atoms with Gasteiger partial charge in [0.1, 0.15) is 21.3 Å². The number of thiophene rings is 1. The Balaban J connectivity index is 1.59. The van der Waals surface area contributed by atoms with Crippen LogP contribution in [0, 0.1) is 6.92 Å². The van der Waals surface area contributed by atoms with E-state index in [1.54, 1.807) is 6.20 Å². The van der Waals surface area contributed by atoms with E-state index in [-0.39, 0.29) is 5.97 Å². The van der Waals surface area contributed by atoms with Gasteiger partial charge >= 0.3 is 5.97 Å². The predicted octanol–water partition coefficient (Wildman–Crippen LogP) is 4.09. The lowest BCUT2D eigenvalue weighted by molar-refractivity contribution is 0.0531. The average Bonchev–Trinajstić information content (AvgIpc) is 3.40. The number of hydrogen-bond acceptors (Lipinski definition) is 8. The van der Waals surface area contributed by atoms with E-state index < -0.39 is 0 Å². The van der Waals surface area contributed by atoms with Crippen molar-refractivity contribution in [1.29, 1.82) is 0 Å². The van der Waals surface area contributed by atoms with Gasteiger partial charge in [0.15, 0.2) is 0 Å². The highest BCUT2D eigenvalue weighted by Gasteiger charge is 2.21. The summed E-state index contributed by atoms with van der Waals surface area (Å²) >= 11 is 1.36. The van der Waals surface area contributed by atoms with Crippen molar-refractivity contribution < 1.29 is 9.53 Å². The zero-order valence-electron chi connectivity index (χ0n) is 19.3. The van der Waals surface area contributed by atoms with Crippen LogP contribution in [0.3, 0.4) is 0 Å². The van der Waals surface area contributed by atoms with Gasteiger partial charge in [-0.05, 0) is 50.7 Å². The van der Waals surface area contributed by atoms with Crippen molar-refractivity contribution in [3.8, 4) is 0 Å². The largest absolute Gasteiger partial charge is 0.462 e. The highest BCUT2D eigenvalue weighted by Crippen LogP contribution is 2.34. The molecule has 0 unspecified atom stereocenters. The molecule has 1 aromatic carbocycles. The lowest BCUT2D eigenvalue weighted by Crippen LogP contribution is -2.14. The summed E-state index contributed by atoms with van der Waals surface area (Å²) in [5.41, 5.74) is 3.17. The van der Waals surface area contributed by atoms with Gasteiger partial charge in [-0.2, -0.15) is 5.10 Å². The molecule has 0 saturated heterocycles. The van der Waals surface area contributed by atoms with Crippen LogP contribution in [-0.2, 0) is 24.4 Å². The molecule has 0 aliphatic carbocycles. The van der Waals surface area contributed by atoms with Gasteiger partial charge in [0.2, 0.25) is 0 Å². The van der Waals surface area contributed by atoms with E-state index in [2.05, 4.69) is 34.7 Å². The third-order valence-electron chi connectivity index (χ3n) is 5.14. The van der Waals surface area contributed by atoms with Crippen molar-refractivity contribution in [2.75, 3.05) is 26.0 Å². The van der Waals surface area contributed by atoms with Crippen LogP contribution in [-0.4, -0.2) is 51.3 Å². The summed E-state index contributed by atoms with van der Waals surface area (Å²) in [7, 11) is 3.96. The van der Waals surface area contributed by atoms with Gasteiger partial charge in [0.25, 0.3) is 0 Å². The summed E-state index contributed by atoms with van der Waals surface area (Å²) in [5.74, 6) is 1.13. The molecule has 4 rings (SSSR count). The van der Waals surface area contributed by atoms with Crippen molar-refractivity contribution in [3.05, 3.63) is 70.1 Å². The molecular weight excluding hydrogens is 436 g/mol. The van der Waals surface area contributed by atoms with Crippen LogP contribution in [0.1, 0.15) is 39.1 Å². The molecule has 1 N–H and O–H groups in total. The van der Waals surface area contributed by atoms with E-state index in [0.717, 1.165) is 33.7 Å². The number of nitrogens with one attached hydrogen (secondary N) is 1. The van der Waals surface area contributed by atoms with Crippen LogP contribution in [0.4, 0.5) is 5.82 Å². The van der Waals surface area contributed by atoms with Crippen LogP contribution >= 0.6 is 11.3 Å². The molecule has 0 atom stereocenters. The maximum absolute atomic E-state index is 12.4. The summed E-state index contributed by atoms with van der Waals surface area (Å²) in [6.07, 6.45) is 3.74. The van der Waals surface area contributed by atoms with E-state index in [4.69, 9.17) is 14.7 Å². The summed E-state index contributed by atoms with van der Waals surface area (Å²) in [5, 5.41) is 8.61. The summed E-state index contributed by atoms with van der Waals surface area (Å²) in [6.45, 7) is 6.04. The number of esters is 1. The van der Waals surface area contributed by atoms with Crippen LogP contribution in [0.25, 0.3) is 10.2 Å². The molecule has 8 nitrogen and oxygen atoms in total. The first-order valence-corrected chi connectivity index (χ1v) is 11.7. The highest BCUT2D eigenvalue weighted by molar-refractivity contribution is 7.20. The van der Waals surface area contributed by atoms with E-state index in [0.29, 0.717) is 30.4 Å². The maximum atomic E-state index is 12.4. The number of fused-ring (bicyclic) bond motifs is 1. The Morgan fingerprint density at radius 1 is 1.18 bits per heavy atom. The fourth-order valence-corrected chi connectivity index (χ4v) is 4.68. The van der Waals surface area contributed by atoms with Gasteiger partial charge in [0.05, 0.1) is 25.1 Å². The molecule has 3 aromatic heterocycles. The number of anilines is 1. The minimum Gasteiger partial charge on any atom is -0.462 e. The van der Waals surface area contributed by atoms with Gasteiger partial charge in [-0.1, -0.05) is 24.3 Å². The molecular formula is C24H28N6O2S. The standard InChI is InChI=1S/C24H28N6O2S/c1-5-32-24(31)21-16(2)20-22(27-19(15-29(3)4)28-23(20)33-21)25-13-17-7-9-18(10-8-17)14-30-12-6-11-26-30/h6-12H,5,13-15H2,1-4H3,(H,25,27,28). The maximum Gasteiger partial charge on any atom is 0.348 e. The normalized spacial score (nSPS) is 11.3. The van der Waals surface area contributed by atoms with Crippen LogP contribution in [0.15, 0.2) is 42.7 Å². The number of carbonyl (C=O) groups is 1. The SMILES string of the molecule is CCOC(=O)c1sc2nc(CN(C)C)nc(NCc3ccc(Cn4cccn4)cc3)c2c1C. The molecule has 172 valence electrons. The van der Waals surface area contributed by atoms with Gasteiger partial charge in [0, 0.05) is 18.9 Å². The van der Waals surface area contributed by atoms with Gasteiger partial charge in [-0.25, -0.2) is 14.8 Å². The Hall–Kier alpha value is -3.30. The number of rotatable bonds is 9. The number of hydrogen-bond donors (Lipinski definition) is 1.